The summed E-state index contributed by atoms with van der Waals surface area (Å²) >= 11 is 0. The maximum atomic E-state index is 5.63. The van der Waals surface area contributed by atoms with Gasteiger partial charge in [0.1, 0.15) is 0 Å². The molecule has 120 valence electrons. The van der Waals surface area contributed by atoms with Crippen molar-refractivity contribution in [2.24, 2.45) is 39.0 Å². The molecule has 1 atom stereocenters. The van der Waals surface area contributed by atoms with Gasteiger partial charge in [-0.25, -0.2) is 0 Å². The van der Waals surface area contributed by atoms with Crippen LogP contribution in [0.25, 0.3) is 0 Å². The van der Waals surface area contributed by atoms with E-state index < -0.39 is 0 Å². The molecule has 22 heavy (non-hydrogen) atoms. The number of hydrogen-bond donors (Lipinski definition) is 3. The van der Waals surface area contributed by atoms with Crippen molar-refractivity contribution in [2.45, 2.75) is 25.7 Å². The molecule has 2 rings (SSSR count). The molecule has 0 aliphatic heterocycles. The van der Waals surface area contributed by atoms with E-state index in [1.807, 2.05) is 0 Å². The van der Waals surface area contributed by atoms with Crippen LogP contribution in [0.2, 0.25) is 0 Å². The number of rotatable bonds is 5. The van der Waals surface area contributed by atoms with Crippen LogP contribution in [-0.4, -0.2) is 24.6 Å². The highest BCUT2D eigenvalue weighted by molar-refractivity contribution is 7.47. The van der Waals surface area contributed by atoms with Gasteiger partial charge in [-0.15, -0.1) is 0 Å². The molecule has 1 aromatic carbocycles. The van der Waals surface area contributed by atoms with Crippen LogP contribution in [0.3, 0.4) is 0 Å². The lowest BCUT2D eigenvalue weighted by molar-refractivity contribution is 0.299. The van der Waals surface area contributed by atoms with Gasteiger partial charge in [-0.05, 0) is 49.0 Å². The Labute approximate surface area is 134 Å². The van der Waals surface area contributed by atoms with Crippen molar-refractivity contribution in [3.63, 3.8) is 0 Å². The average molecular weight is 319 g/mol. The quantitative estimate of drug-likeness (QED) is 0.434. The number of aliphatic imine (C=N–C) groups is 2. The van der Waals surface area contributed by atoms with E-state index in [1.54, 1.807) is 0 Å². The van der Waals surface area contributed by atoms with E-state index in [-0.39, 0.29) is 11.9 Å². The lowest BCUT2D eigenvalue weighted by Crippen LogP contribution is -2.27. The predicted molar refractivity (Wildman–Crippen MR) is 97.0 cm³/mol. The molecule has 1 unspecified atom stereocenters. The summed E-state index contributed by atoms with van der Waals surface area (Å²) in [5.74, 6) is 1.62. The first-order valence-corrected chi connectivity index (χ1v) is 9.02. The third kappa shape index (κ3) is 6.02. The first-order valence-electron chi connectivity index (χ1n) is 7.82. The molecule has 1 saturated carbocycles. The summed E-state index contributed by atoms with van der Waals surface area (Å²) in [7, 11) is 0.928. The minimum Gasteiger partial charge on any atom is -0.370 e. The molecule has 0 amide bonds. The van der Waals surface area contributed by atoms with E-state index in [0.29, 0.717) is 5.92 Å². The summed E-state index contributed by atoms with van der Waals surface area (Å²) in [6.45, 7) is 0.732. The maximum Gasteiger partial charge on any atom is 0.218 e. The molecule has 0 saturated heterocycles. The SMILES string of the molecule is NC(N)=NC(N)=NCC1CCC(CPc2ccccc2)CC1. The van der Waals surface area contributed by atoms with Crippen LogP contribution >= 0.6 is 8.58 Å². The number of benzene rings is 1. The third-order valence-corrected chi connectivity index (χ3v) is 5.61. The molecule has 1 aromatic rings. The van der Waals surface area contributed by atoms with Gasteiger partial charge in [0, 0.05) is 6.54 Å². The van der Waals surface area contributed by atoms with Crippen LogP contribution in [0.15, 0.2) is 40.3 Å². The van der Waals surface area contributed by atoms with Gasteiger partial charge in [-0.1, -0.05) is 38.9 Å². The van der Waals surface area contributed by atoms with Crippen LogP contribution in [0.1, 0.15) is 25.7 Å². The van der Waals surface area contributed by atoms with E-state index in [0.717, 1.165) is 21.0 Å². The molecule has 6 N–H and O–H groups in total. The van der Waals surface area contributed by atoms with Gasteiger partial charge in [-0.2, -0.15) is 4.99 Å². The Balaban J connectivity index is 1.68. The Hall–Kier alpha value is -1.61. The molecular weight excluding hydrogens is 293 g/mol. The van der Waals surface area contributed by atoms with Crippen molar-refractivity contribution in [1.29, 1.82) is 0 Å². The third-order valence-electron chi connectivity index (χ3n) is 4.09. The van der Waals surface area contributed by atoms with E-state index in [4.69, 9.17) is 17.2 Å². The topological polar surface area (TPSA) is 103 Å². The zero-order valence-corrected chi connectivity index (χ0v) is 13.9. The van der Waals surface area contributed by atoms with Gasteiger partial charge in [0.2, 0.25) is 5.96 Å². The van der Waals surface area contributed by atoms with E-state index in [9.17, 15) is 0 Å². The van der Waals surface area contributed by atoms with Crippen LogP contribution in [0.5, 0.6) is 0 Å². The Kier molecular flexibility index (Phi) is 6.66. The fraction of sp³-hybridized carbons (Fsp3) is 0.500. The number of nitrogens with two attached hydrogens (primary N) is 3. The average Bonchev–Trinajstić information content (AvgIpc) is 2.52. The fourth-order valence-corrected chi connectivity index (χ4v) is 4.19. The molecule has 5 nitrogen and oxygen atoms in total. The fourth-order valence-electron chi connectivity index (χ4n) is 2.83. The van der Waals surface area contributed by atoms with Crippen LogP contribution in [-0.2, 0) is 0 Å². The molecule has 1 aliphatic rings. The summed E-state index contributed by atoms with van der Waals surface area (Å²) in [4.78, 5) is 8.00. The summed E-state index contributed by atoms with van der Waals surface area (Å²) in [6, 6.07) is 10.8. The lowest BCUT2D eigenvalue weighted by Gasteiger charge is -2.27. The largest absolute Gasteiger partial charge is 0.370 e. The second-order valence-corrected chi connectivity index (χ2v) is 7.21. The zero-order chi connectivity index (χ0) is 15.8. The summed E-state index contributed by atoms with van der Waals surface area (Å²) in [6.07, 6.45) is 6.35. The van der Waals surface area contributed by atoms with E-state index in [2.05, 4.69) is 40.3 Å². The Morgan fingerprint density at radius 2 is 1.64 bits per heavy atom. The monoisotopic (exact) mass is 319 g/mol. The van der Waals surface area contributed by atoms with Crippen molar-refractivity contribution in [2.75, 3.05) is 12.7 Å². The number of hydrogen-bond acceptors (Lipinski definition) is 1. The van der Waals surface area contributed by atoms with Gasteiger partial charge >= 0.3 is 0 Å². The molecule has 0 heterocycles. The molecule has 0 bridgehead atoms. The molecule has 0 spiro atoms. The van der Waals surface area contributed by atoms with Crippen molar-refractivity contribution >= 4 is 25.8 Å². The highest BCUT2D eigenvalue weighted by Crippen LogP contribution is 2.32. The highest BCUT2D eigenvalue weighted by Gasteiger charge is 2.20. The number of nitrogens with zero attached hydrogens (tertiary/aromatic N) is 2. The van der Waals surface area contributed by atoms with Crippen molar-refractivity contribution < 1.29 is 0 Å². The molecule has 0 aromatic heterocycles. The van der Waals surface area contributed by atoms with Crippen molar-refractivity contribution in [3.05, 3.63) is 30.3 Å². The Morgan fingerprint density at radius 1 is 1.00 bits per heavy atom. The summed E-state index contributed by atoms with van der Waals surface area (Å²) < 4.78 is 0. The van der Waals surface area contributed by atoms with Gasteiger partial charge in [0.25, 0.3) is 0 Å². The molecular formula is C16H26N5P. The highest BCUT2D eigenvalue weighted by atomic mass is 31.1. The first-order chi connectivity index (χ1) is 10.6. The van der Waals surface area contributed by atoms with Crippen LogP contribution < -0.4 is 22.5 Å². The van der Waals surface area contributed by atoms with Gasteiger partial charge < -0.3 is 17.2 Å². The van der Waals surface area contributed by atoms with Gasteiger partial charge in [0.15, 0.2) is 5.96 Å². The van der Waals surface area contributed by atoms with Crippen molar-refractivity contribution in [3.8, 4) is 0 Å². The second kappa shape index (κ2) is 8.74. The lowest BCUT2D eigenvalue weighted by atomic mass is 9.83. The molecule has 1 fully saturated rings. The van der Waals surface area contributed by atoms with Gasteiger partial charge in [0.05, 0.1) is 0 Å². The van der Waals surface area contributed by atoms with Gasteiger partial charge in [-0.3, -0.25) is 4.99 Å². The minimum absolute atomic E-state index is 0.0353. The molecule has 1 aliphatic carbocycles. The first kappa shape index (κ1) is 16.8. The van der Waals surface area contributed by atoms with E-state index >= 15 is 0 Å². The zero-order valence-electron chi connectivity index (χ0n) is 12.9. The predicted octanol–water partition coefficient (Wildman–Crippen LogP) is 1.38. The van der Waals surface area contributed by atoms with Crippen LogP contribution in [0.4, 0.5) is 0 Å². The van der Waals surface area contributed by atoms with E-state index in [1.165, 1.54) is 37.1 Å². The molecule has 6 heteroatoms. The Bertz CT molecular complexity index is 503. The normalized spacial score (nSPS) is 22.8. The second-order valence-electron chi connectivity index (χ2n) is 5.87. The minimum atomic E-state index is -0.0353. The standard InChI is InChI=1S/C16H26N5P/c17-15(18)21-16(19)20-10-12-6-8-13(9-7-12)11-22-14-4-2-1-3-5-14/h1-5,12-13,22H,6-11H2,(H6,17,18,19,20,21). The summed E-state index contributed by atoms with van der Waals surface area (Å²) in [5.41, 5.74) is 16.2. The molecule has 0 radical (unpaired) electrons. The number of guanidine groups is 2. The Morgan fingerprint density at radius 3 is 2.27 bits per heavy atom. The maximum absolute atomic E-state index is 5.63. The summed E-state index contributed by atoms with van der Waals surface area (Å²) in [5, 5.41) is 1.47. The smallest absolute Gasteiger partial charge is 0.218 e. The van der Waals surface area contributed by atoms with Crippen molar-refractivity contribution in [1.82, 2.24) is 0 Å². The van der Waals surface area contributed by atoms with Crippen LogP contribution in [0, 0.1) is 11.8 Å².